The molecule has 6 nitrogen and oxygen atoms in total. The van der Waals surface area contributed by atoms with Gasteiger partial charge in [0.25, 0.3) is 0 Å². The van der Waals surface area contributed by atoms with E-state index in [1.165, 1.54) is 5.57 Å². The van der Waals surface area contributed by atoms with Crippen molar-refractivity contribution in [2.24, 2.45) is 50.2 Å². The lowest BCUT2D eigenvalue weighted by Crippen LogP contribution is -2.65. The van der Waals surface area contributed by atoms with Crippen molar-refractivity contribution in [2.75, 3.05) is 18.4 Å². The lowest BCUT2D eigenvalue weighted by Gasteiger charge is -2.70. The van der Waals surface area contributed by atoms with Crippen LogP contribution in [0.2, 0.25) is 0 Å². The molecule has 1 aromatic rings. The van der Waals surface area contributed by atoms with Crippen LogP contribution in [0.1, 0.15) is 106 Å². The molecule has 4 saturated carbocycles. The van der Waals surface area contributed by atoms with E-state index in [0.29, 0.717) is 24.9 Å². The molecule has 256 valence electrons. The van der Waals surface area contributed by atoms with E-state index in [9.17, 15) is 14.4 Å². The van der Waals surface area contributed by atoms with Crippen molar-refractivity contribution in [3.8, 4) is 0 Å². The summed E-state index contributed by atoms with van der Waals surface area (Å²) in [6.07, 6.45) is 11.5. The van der Waals surface area contributed by atoms with E-state index in [1.54, 1.807) is 0 Å². The first kappa shape index (κ1) is 34.5. The average molecular weight is 707 g/mol. The highest BCUT2D eigenvalue weighted by atomic mass is 79.9. The summed E-state index contributed by atoms with van der Waals surface area (Å²) in [7, 11) is 0. The van der Waals surface area contributed by atoms with Crippen molar-refractivity contribution in [3.63, 3.8) is 0 Å². The fourth-order valence-electron chi connectivity index (χ4n) is 11.8. The van der Waals surface area contributed by atoms with Crippen LogP contribution < -0.4 is 16.0 Å². The van der Waals surface area contributed by atoms with E-state index in [2.05, 4.69) is 93.0 Å². The molecule has 0 spiro atoms. The van der Waals surface area contributed by atoms with Gasteiger partial charge in [-0.05, 0) is 127 Å². The van der Waals surface area contributed by atoms with E-state index in [0.717, 1.165) is 73.5 Å². The van der Waals surface area contributed by atoms with Crippen LogP contribution >= 0.6 is 15.9 Å². The molecule has 0 heterocycles. The highest BCUT2D eigenvalue weighted by molar-refractivity contribution is 9.10. The van der Waals surface area contributed by atoms with Gasteiger partial charge in [-0.15, -0.1) is 0 Å². The third-order valence-corrected chi connectivity index (χ3v) is 15.1. The first-order valence-corrected chi connectivity index (χ1v) is 18.7. The van der Waals surface area contributed by atoms with E-state index >= 15 is 0 Å². The van der Waals surface area contributed by atoms with Crippen LogP contribution in [0.3, 0.4) is 0 Å². The Morgan fingerprint density at radius 3 is 2.26 bits per heavy atom. The molecule has 7 heteroatoms. The minimum Gasteiger partial charge on any atom is -0.354 e. The molecule has 6 rings (SSSR count). The van der Waals surface area contributed by atoms with Crippen LogP contribution in [0.15, 0.2) is 52.5 Å². The lowest BCUT2D eigenvalue weighted by molar-refractivity contribution is -0.179. The Balaban J connectivity index is 1.22. The number of anilines is 1. The van der Waals surface area contributed by atoms with Crippen molar-refractivity contribution in [2.45, 2.75) is 106 Å². The van der Waals surface area contributed by atoms with Crippen LogP contribution in [-0.2, 0) is 9.59 Å². The van der Waals surface area contributed by atoms with Gasteiger partial charge in [-0.1, -0.05) is 82.6 Å². The van der Waals surface area contributed by atoms with Crippen molar-refractivity contribution < 1.29 is 14.4 Å². The molecule has 7 atom stereocenters. The van der Waals surface area contributed by atoms with E-state index < -0.39 is 5.41 Å². The maximum Gasteiger partial charge on any atom is 0.319 e. The first-order chi connectivity index (χ1) is 21.9. The predicted molar refractivity (Wildman–Crippen MR) is 193 cm³/mol. The third kappa shape index (κ3) is 5.36. The third-order valence-electron chi connectivity index (χ3n) is 14.5. The Hall–Kier alpha value is -2.41. The minimum atomic E-state index is -0.418. The number of halogens is 1. The van der Waals surface area contributed by atoms with Crippen molar-refractivity contribution in [1.29, 1.82) is 0 Å². The van der Waals surface area contributed by atoms with Gasteiger partial charge in [0.05, 0.1) is 5.41 Å². The van der Waals surface area contributed by atoms with Crippen LogP contribution in [0.4, 0.5) is 10.5 Å². The fraction of sp³-hybridized carbons (Fsp3) is 0.675. The van der Waals surface area contributed by atoms with Gasteiger partial charge in [-0.2, -0.15) is 0 Å². The zero-order valence-electron chi connectivity index (χ0n) is 29.7. The topological polar surface area (TPSA) is 87.3 Å². The van der Waals surface area contributed by atoms with Gasteiger partial charge < -0.3 is 16.0 Å². The molecule has 0 unspecified atom stereocenters. The molecular formula is C40H56BrN3O3. The van der Waals surface area contributed by atoms with Crippen molar-refractivity contribution >= 4 is 39.3 Å². The molecule has 0 radical (unpaired) electrons. The highest BCUT2D eigenvalue weighted by Crippen LogP contribution is 2.75. The number of amides is 3. The van der Waals surface area contributed by atoms with Crippen LogP contribution in [-0.4, -0.2) is 30.8 Å². The fourth-order valence-corrected chi connectivity index (χ4v) is 12.1. The van der Waals surface area contributed by atoms with Gasteiger partial charge in [0.2, 0.25) is 5.91 Å². The largest absolute Gasteiger partial charge is 0.354 e. The summed E-state index contributed by atoms with van der Waals surface area (Å²) in [6.45, 7) is 21.7. The predicted octanol–water partition coefficient (Wildman–Crippen LogP) is 9.22. The summed E-state index contributed by atoms with van der Waals surface area (Å²) in [5.74, 6) is 1.46. The SMILES string of the molecule is C=C1C[C@]2(C)[C@H]3CC=C4[C@@H]5CC(C)(C)CC[C@]5(C(=O)NCCNC(=O)Nc5ccc(Br)cc5)CC[C@@]4(C)[C@]3(C)CC[C@H]2C(C)(C)C1=O. The average Bonchev–Trinajstić information content (AvgIpc) is 2.99. The minimum absolute atomic E-state index is 0.00532. The van der Waals surface area contributed by atoms with E-state index in [1.807, 2.05) is 24.3 Å². The second kappa shape index (κ2) is 11.6. The molecule has 5 aliphatic carbocycles. The van der Waals surface area contributed by atoms with Gasteiger partial charge in [0.15, 0.2) is 5.78 Å². The number of rotatable bonds is 5. The van der Waals surface area contributed by atoms with E-state index in [-0.39, 0.29) is 50.7 Å². The maximum atomic E-state index is 14.3. The summed E-state index contributed by atoms with van der Waals surface area (Å²) in [4.78, 5) is 40.2. The Kier molecular flexibility index (Phi) is 8.50. The van der Waals surface area contributed by atoms with Crippen LogP contribution in [0.5, 0.6) is 0 Å². The summed E-state index contributed by atoms with van der Waals surface area (Å²) in [6, 6.07) is 7.17. The number of urea groups is 1. The van der Waals surface area contributed by atoms with E-state index in [4.69, 9.17) is 0 Å². The standard InChI is InChI=1S/C40H56BrN3O3/c1-25-23-37(6)30(36(4,5)32(25)45)15-16-39(8)31(37)14-13-28-29-24-35(2,3)17-19-40(29,20-18-38(28,39)7)33(46)42-21-22-43-34(47)44-27-11-9-26(41)10-12-27/h9-13,29-31H,1,14-24H2,2-8H3,(H,42,46)(H2,43,44,47)/t29-,30-,31+,37-,38+,39+,40-/m0/s1. The van der Waals surface area contributed by atoms with Gasteiger partial charge in [0, 0.05) is 28.7 Å². The molecule has 0 aliphatic heterocycles. The summed E-state index contributed by atoms with van der Waals surface area (Å²) in [5, 5.41) is 9.02. The number of benzene rings is 1. The molecule has 5 aliphatic rings. The number of carbonyl (C=O) groups is 3. The Bertz CT molecular complexity index is 1510. The van der Waals surface area contributed by atoms with Crippen molar-refractivity contribution in [1.82, 2.24) is 10.6 Å². The van der Waals surface area contributed by atoms with Gasteiger partial charge in [-0.25, -0.2) is 4.79 Å². The molecule has 47 heavy (non-hydrogen) atoms. The summed E-state index contributed by atoms with van der Waals surface area (Å²) < 4.78 is 0.954. The number of allylic oxidation sites excluding steroid dienone is 3. The molecule has 1 aromatic carbocycles. The molecule has 0 aromatic heterocycles. The first-order valence-electron chi connectivity index (χ1n) is 17.9. The number of Topliss-reactive ketones (excluding diaryl/α,β-unsaturated/α-hetero) is 1. The lowest BCUT2D eigenvalue weighted by atomic mass is 9.33. The van der Waals surface area contributed by atoms with Gasteiger partial charge >= 0.3 is 6.03 Å². The quantitative estimate of drug-likeness (QED) is 0.162. The monoisotopic (exact) mass is 705 g/mol. The van der Waals surface area contributed by atoms with Crippen LogP contribution in [0.25, 0.3) is 0 Å². The molecule has 3 amide bonds. The Morgan fingerprint density at radius 2 is 1.55 bits per heavy atom. The molecule has 3 N–H and O–H groups in total. The Labute approximate surface area is 290 Å². The second-order valence-electron chi connectivity index (χ2n) is 17.8. The molecular weight excluding hydrogens is 650 g/mol. The molecule has 0 saturated heterocycles. The Morgan fingerprint density at radius 1 is 0.894 bits per heavy atom. The number of hydrogen-bond donors (Lipinski definition) is 3. The van der Waals surface area contributed by atoms with Gasteiger partial charge in [0.1, 0.15) is 0 Å². The normalized spacial score (nSPS) is 38.5. The number of carbonyl (C=O) groups excluding carboxylic acids is 3. The van der Waals surface area contributed by atoms with Crippen molar-refractivity contribution in [3.05, 3.63) is 52.5 Å². The molecule has 4 fully saturated rings. The number of fused-ring (bicyclic) bond motifs is 7. The summed E-state index contributed by atoms with van der Waals surface area (Å²) >= 11 is 3.42. The number of ketones is 1. The second-order valence-corrected chi connectivity index (χ2v) is 18.8. The smallest absolute Gasteiger partial charge is 0.319 e. The molecule has 0 bridgehead atoms. The highest BCUT2D eigenvalue weighted by Gasteiger charge is 2.69. The zero-order valence-corrected chi connectivity index (χ0v) is 31.3. The number of hydrogen-bond acceptors (Lipinski definition) is 3. The zero-order chi connectivity index (χ0) is 34.2. The van der Waals surface area contributed by atoms with Gasteiger partial charge in [-0.3, -0.25) is 9.59 Å². The summed E-state index contributed by atoms with van der Waals surface area (Å²) in [5.41, 5.74) is 2.57. The van der Waals surface area contributed by atoms with Crippen LogP contribution in [0, 0.1) is 50.2 Å². The number of nitrogens with one attached hydrogen (secondary N) is 3. The maximum absolute atomic E-state index is 14.3.